The van der Waals surface area contributed by atoms with Crippen molar-refractivity contribution in [1.29, 1.82) is 5.26 Å². The van der Waals surface area contributed by atoms with Gasteiger partial charge in [0.15, 0.2) is 0 Å². The second-order valence-electron chi connectivity index (χ2n) is 4.01. The van der Waals surface area contributed by atoms with Gasteiger partial charge in [-0.25, -0.2) is 15.8 Å². The van der Waals surface area contributed by atoms with Crippen molar-refractivity contribution in [3.63, 3.8) is 0 Å². The number of hydrogen-bond acceptors (Lipinski definition) is 6. The van der Waals surface area contributed by atoms with E-state index in [1.54, 1.807) is 0 Å². The van der Waals surface area contributed by atoms with Crippen LogP contribution in [0.5, 0.6) is 0 Å². The summed E-state index contributed by atoms with van der Waals surface area (Å²) < 4.78 is 0. The molecule has 0 saturated heterocycles. The first-order valence-corrected chi connectivity index (χ1v) is 5.53. The molecular formula is C11H18N6. The summed E-state index contributed by atoms with van der Waals surface area (Å²) in [6.07, 6.45) is 1.94. The smallest absolute Gasteiger partial charge is 0.148 e. The van der Waals surface area contributed by atoms with Crippen molar-refractivity contribution in [2.24, 2.45) is 5.84 Å². The molecule has 3 N–H and O–H groups in total. The SMILES string of the molecule is Cc1c(NN)ncnc1N(CCC#N)C(C)C. The molecule has 6 heteroatoms. The highest BCUT2D eigenvalue weighted by Gasteiger charge is 2.16. The maximum Gasteiger partial charge on any atom is 0.148 e. The Bertz CT molecular complexity index is 409. The lowest BCUT2D eigenvalue weighted by atomic mass is 10.2. The third-order valence-electron chi connectivity index (χ3n) is 2.55. The Morgan fingerprint density at radius 3 is 2.76 bits per heavy atom. The number of nitrogens with zero attached hydrogens (tertiary/aromatic N) is 4. The standard InChI is InChI=1S/C11H18N6/c1-8(2)17(6-4-5-12)11-9(3)10(16-13)14-7-15-11/h7-8H,4,6,13H2,1-3H3,(H,14,15,16). The molecule has 0 spiro atoms. The van der Waals surface area contributed by atoms with E-state index in [0.29, 0.717) is 18.8 Å². The van der Waals surface area contributed by atoms with Crippen LogP contribution in [0.1, 0.15) is 25.8 Å². The highest BCUT2D eigenvalue weighted by atomic mass is 15.3. The summed E-state index contributed by atoms with van der Waals surface area (Å²) in [5.74, 6) is 6.81. The van der Waals surface area contributed by atoms with Crippen molar-refractivity contribution >= 4 is 11.6 Å². The summed E-state index contributed by atoms with van der Waals surface area (Å²) in [4.78, 5) is 10.4. The van der Waals surface area contributed by atoms with Crippen LogP contribution in [-0.4, -0.2) is 22.6 Å². The van der Waals surface area contributed by atoms with Crippen LogP contribution in [0.15, 0.2) is 6.33 Å². The average Bonchev–Trinajstić information content (AvgIpc) is 2.31. The fourth-order valence-electron chi connectivity index (χ4n) is 1.66. The molecule has 0 saturated carbocycles. The molecular weight excluding hydrogens is 216 g/mol. The molecule has 0 radical (unpaired) electrons. The average molecular weight is 234 g/mol. The Balaban J connectivity index is 3.06. The lowest BCUT2D eigenvalue weighted by Gasteiger charge is -2.28. The summed E-state index contributed by atoms with van der Waals surface area (Å²) in [7, 11) is 0. The minimum absolute atomic E-state index is 0.266. The number of anilines is 2. The van der Waals surface area contributed by atoms with E-state index in [1.165, 1.54) is 6.33 Å². The number of nitriles is 1. The Kier molecular flexibility index (Phi) is 4.67. The van der Waals surface area contributed by atoms with Crippen LogP contribution in [0, 0.1) is 18.3 Å². The van der Waals surface area contributed by atoms with E-state index in [2.05, 4.69) is 40.2 Å². The summed E-state index contributed by atoms with van der Waals surface area (Å²) >= 11 is 0. The molecule has 0 aliphatic carbocycles. The molecule has 0 fully saturated rings. The highest BCUT2D eigenvalue weighted by molar-refractivity contribution is 5.57. The van der Waals surface area contributed by atoms with Gasteiger partial charge in [0.2, 0.25) is 0 Å². The van der Waals surface area contributed by atoms with Gasteiger partial charge in [-0.3, -0.25) is 0 Å². The summed E-state index contributed by atoms with van der Waals surface area (Å²) in [6, 6.07) is 2.41. The first-order chi connectivity index (χ1) is 8.11. The first-order valence-electron chi connectivity index (χ1n) is 5.53. The minimum atomic E-state index is 0.266. The molecule has 0 bridgehead atoms. The molecule has 1 aromatic heterocycles. The van der Waals surface area contributed by atoms with Crippen LogP contribution in [-0.2, 0) is 0 Å². The largest absolute Gasteiger partial charge is 0.353 e. The summed E-state index contributed by atoms with van der Waals surface area (Å²) in [5.41, 5.74) is 3.43. The van der Waals surface area contributed by atoms with Crippen LogP contribution in [0.25, 0.3) is 0 Å². The predicted octanol–water partition coefficient (Wildman–Crippen LogP) is 1.20. The molecule has 92 valence electrons. The zero-order valence-electron chi connectivity index (χ0n) is 10.4. The number of hydrogen-bond donors (Lipinski definition) is 2. The monoisotopic (exact) mass is 234 g/mol. The van der Waals surface area contributed by atoms with Gasteiger partial charge in [0.25, 0.3) is 0 Å². The molecule has 1 rings (SSSR count). The fraction of sp³-hybridized carbons (Fsp3) is 0.545. The maximum atomic E-state index is 8.67. The Labute approximate surface area is 101 Å². The van der Waals surface area contributed by atoms with Gasteiger partial charge in [-0.05, 0) is 20.8 Å². The number of hydrazine groups is 1. The number of aromatic nitrogens is 2. The second-order valence-corrected chi connectivity index (χ2v) is 4.01. The van der Waals surface area contributed by atoms with E-state index < -0.39 is 0 Å². The van der Waals surface area contributed by atoms with Crippen molar-refractivity contribution in [2.45, 2.75) is 33.2 Å². The highest BCUT2D eigenvalue weighted by Crippen LogP contribution is 2.23. The van der Waals surface area contributed by atoms with Crippen molar-refractivity contribution in [1.82, 2.24) is 9.97 Å². The van der Waals surface area contributed by atoms with Crippen LogP contribution in [0.3, 0.4) is 0 Å². The fourth-order valence-corrected chi connectivity index (χ4v) is 1.66. The Morgan fingerprint density at radius 2 is 2.24 bits per heavy atom. The topological polar surface area (TPSA) is 90.9 Å². The van der Waals surface area contributed by atoms with Crippen molar-refractivity contribution < 1.29 is 0 Å². The van der Waals surface area contributed by atoms with Crippen molar-refractivity contribution in [2.75, 3.05) is 16.9 Å². The normalized spacial score (nSPS) is 10.1. The molecule has 0 atom stereocenters. The van der Waals surface area contributed by atoms with Crippen LogP contribution < -0.4 is 16.2 Å². The van der Waals surface area contributed by atoms with Crippen LogP contribution in [0.2, 0.25) is 0 Å². The maximum absolute atomic E-state index is 8.67. The zero-order valence-corrected chi connectivity index (χ0v) is 10.4. The number of nitrogens with one attached hydrogen (secondary N) is 1. The predicted molar refractivity (Wildman–Crippen MR) is 67.3 cm³/mol. The molecule has 0 unspecified atom stereocenters. The third-order valence-corrected chi connectivity index (χ3v) is 2.55. The second kappa shape index (κ2) is 6.01. The van der Waals surface area contributed by atoms with Gasteiger partial charge < -0.3 is 10.3 Å². The molecule has 0 aromatic carbocycles. The van der Waals surface area contributed by atoms with Gasteiger partial charge in [-0.2, -0.15) is 5.26 Å². The van der Waals surface area contributed by atoms with Crippen molar-refractivity contribution in [3.8, 4) is 6.07 Å². The lowest BCUT2D eigenvalue weighted by Crippen LogP contribution is -2.33. The Morgan fingerprint density at radius 1 is 1.53 bits per heavy atom. The van der Waals surface area contributed by atoms with Gasteiger partial charge in [-0.1, -0.05) is 0 Å². The quantitative estimate of drug-likeness (QED) is 0.587. The molecule has 1 heterocycles. The number of rotatable bonds is 5. The molecule has 17 heavy (non-hydrogen) atoms. The first kappa shape index (κ1) is 13.2. The van der Waals surface area contributed by atoms with Gasteiger partial charge >= 0.3 is 0 Å². The van der Waals surface area contributed by atoms with E-state index >= 15 is 0 Å². The summed E-state index contributed by atoms with van der Waals surface area (Å²) in [6.45, 7) is 6.69. The third kappa shape index (κ3) is 3.04. The molecule has 0 amide bonds. The van der Waals surface area contributed by atoms with E-state index in [0.717, 1.165) is 11.4 Å². The number of nitrogen functional groups attached to an aromatic ring is 1. The van der Waals surface area contributed by atoms with Gasteiger partial charge in [-0.15, -0.1) is 0 Å². The van der Waals surface area contributed by atoms with Crippen LogP contribution in [0.4, 0.5) is 11.6 Å². The summed E-state index contributed by atoms with van der Waals surface area (Å²) in [5, 5.41) is 8.67. The molecule has 6 nitrogen and oxygen atoms in total. The van der Waals surface area contributed by atoms with E-state index in [9.17, 15) is 0 Å². The Hall–Kier alpha value is -1.87. The van der Waals surface area contributed by atoms with E-state index in [4.69, 9.17) is 11.1 Å². The molecule has 0 aliphatic heterocycles. The lowest BCUT2D eigenvalue weighted by molar-refractivity contribution is 0.673. The minimum Gasteiger partial charge on any atom is -0.353 e. The molecule has 1 aromatic rings. The van der Waals surface area contributed by atoms with Crippen molar-refractivity contribution in [3.05, 3.63) is 11.9 Å². The zero-order chi connectivity index (χ0) is 12.8. The van der Waals surface area contributed by atoms with E-state index in [-0.39, 0.29) is 6.04 Å². The van der Waals surface area contributed by atoms with Crippen LogP contribution >= 0.6 is 0 Å². The van der Waals surface area contributed by atoms with Gasteiger partial charge in [0, 0.05) is 18.2 Å². The molecule has 0 aliphatic rings. The van der Waals surface area contributed by atoms with Gasteiger partial charge in [0.1, 0.15) is 18.0 Å². The van der Waals surface area contributed by atoms with E-state index in [1.807, 2.05) is 6.92 Å². The van der Waals surface area contributed by atoms with Gasteiger partial charge in [0.05, 0.1) is 12.5 Å². The number of nitrogens with two attached hydrogens (primary N) is 1.